The highest BCUT2D eigenvalue weighted by molar-refractivity contribution is 7.98. The van der Waals surface area contributed by atoms with Gasteiger partial charge in [-0.1, -0.05) is 30.8 Å². The number of aromatic carboxylic acids is 1. The molecule has 0 radical (unpaired) electrons. The fourth-order valence-corrected chi connectivity index (χ4v) is 4.01. The van der Waals surface area contributed by atoms with Crippen LogP contribution in [-0.2, 0) is 12.2 Å². The lowest BCUT2D eigenvalue weighted by Crippen LogP contribution is -2.38. The van der Waals surface area contributed by atoms with Crippen LogP contribution in [0, 0.1) is 0 Å². The average molecular weight is 372 g/mol. The molecule has 1 aliphatic rings. The predicted octanol–water partition coefficient (Wildman–Crippen LogP) is 4.41. The number of benzene rings is 1. The van der Waals surface area contributed by atoms with E-state index < -0.39 is 5.97 Å². The van der Waals surface area contributed by atoms with E-state index in [2.05, 4.69) is 29.8 Å². The molecule has 0 spiro atoms. The van der Waals surface area contributed by atoms with Gasteiger partial charge in [0, 0.05) is 30.1 Å². The summed E-state index contributed by atoms with van der Waals surface area (Å²) in [5, 5.41) is 9.78. The van der Waals surface area contributed by atoms with Crippen molar-refractivity contribution in [1.82, 2.24) is 9.97 Å². The molecule has 1 aromatic heterocycles. The fraction of sp³-hybridized carbons (Fsp3) is 0.450. The van der Waals surface area contributed by atoms with E-state index in [4.69, 9.17) is 10.1 Å². The third-order valence-electron chi connectivity index (χ3n) is 4.77. The van der Waals surface area contributed by atoms with Crippen molar-refractivity contribution in [3.63, 3.8) is 0 Å². The van der Waals surface area contributed by atoms with Crippen LogP contribution in [0.25, 0.3) is 0 Å². The first-order chi connectivity index (χ1) is 12.6. The van der Waals surface area contributed by atoms with Gasteiger partial charge in [-0.2, -0.15) is 0 Å². The van der Waals surface area contributed by atoms with Gasteiger partial charge in [-0.25, -0.2) is 14.8 Å². The second-order valence-corrected chi connectivity index (χ2v) is 7.63. The van der Waals surface area contributed by atoms with Crippen molar-refractivity contribution in [2.24, 2.45) is 0 Å². The standard InChI is InChI=1S/C20H25N3O2S/c1-3-17-12-18(23-11-5-4-6-14(23)2)22-20(21-17)26-13-15-7-9-16(10-8-15)19(24)25/h7-10,12,14H,3-6,11,13H2,1-2H3,(H,24,25). The molecule has 26 heavy (non-hydrogen) atoms. The molecule has 2 aromatic rings. The monoisotopic (exact) mass is 371 g/mol. The van der Waals surface area contributed by atoms with E-state index >= 15 is 0 Å². The lowest BCUT2D eigenvalue weighted by molar-refractivity contribution is 0.0697. The van der Waals surface area contributed by atoms with Gasteiger partial charge in [-0.3, -0.25) is 0 Å². The molecule has 3 rings (SSSR count). The van der Waals surface area contributed by atoms with E-state index in [1.165, 1.54) is 19.3 Å². The zero-order chi connectivity index (χ0) is 18.5. The minimum absolute atomic E-state index is 0.310. The summed E-state index contributed by atoms with van der Waals surface area (Å²) < 4.78 is 0. The largest absolute Gasteiger partial charge is 0.478 e. The summed E-state index contributed by atoms with van der Waals surface area (Å²) >= 11 is 1.60. The van der Waals surface area contributed by atoms with E-state index in [0.29, 0.717) is 11.6 Å². The van der Waals surface area contributed by atoms with E-state index in [9.17, 15) is 4.79 Å². The Morgan fingerprint density at radius 2 is 2.04 bits per heavy atom. The number of rotatable bonds is 6. The number of aromatic nitrogens is 2. The molecular weight excluding hydrogens is 346 g/mol. The van der Waals surface area contributed by atoms with Crippen molar-refractivity contribution in [3.05, 3.63) is 47.2 Å². The van der Waals surface area contributed by atoms with Gasteiger partial charge in [-0.15, -0.1) is 0 Å². The van der Waals surface area contributed by atoms with Crippen LogP contribution in [-0.4, -0.2) is 33.6 Å². The molecule has 1 unspecified atom stereocenters. The lowest BCUT2D eigenvalue weighted by Gasteiger charge is -2.34. The first-order valence-corrected chi connectivity index (χ1v) is 10.1. The van der Waals surface area contributed by atoms with Crippen LogP contribution in [0.2, 0.25) is 0 Å². The van der Waals surface area contributed by atoms with Crippen LogP contribution in [0.3, 0.4) is 0 Å². The molecule has 1 fully saturated rings. The van der Waals surface area contributed by atoms with Crippen molar-refractivity contribution in [3.8, 4) is 0 Å². The zero-order valence-electron chi connectivity index (χ0n) is 15.3. The van der Waals surface area contributed by atoms with Crippen molar-refractivity contribution in [1.29, 1.82) is 0 Å². The molecule has 0 bridgehead atoms. The maximum Gasteiger partial charge on any atom is 0.335 e. The van der Waals surface area contributed by atoms with Gasteiger partial charge in [0.05, 0.1) is 5.56 Å². The minimum atomic E-state index is -0.900. The highest BCUT2D eigenvalue weighted by Gasteiger charge is 2.20. The molecule has 5 nitrogen and oxygen atoms in total. The second-order valence-electron chi connectivity index (χ2n) is 6.68. The summed E-state index contributed by atoms with van der Waals surface area (Å²) in [5.74, 6) is 0.860. The number of carboxylic acids is 1. The Bertz CT molecular complexity index is 764. The highest BCUT2D eigenvalue weighted by atomic mass is 32.2. The number of aryl methyl sites for hydroxylation is 1. The molecule has 0 amide bonds. The normalized spacial score (nSPS) is 17.3. The molecule has 138 valence electrons. The molecular formula is C20H25N3O2S. The van der Waals surface area contributed by atoms with Crippen LogP contribution in [0.15, 0.2) is 35.5 Å². The fourth-order valence-electron chi connectivity index (χ4n) is 3.18. The third kappa shape index (κ3) is 4.55. The lowest BCUT2D eigenvalue weighted by atomic mass is 10.0. The molecule has 6 heteroatoms. The summed E-state index contributed by atoms with van der Waals surface area (Å²) in [7, 11) is 0. The maximum atomic E-state index is 10.9. The van der Waals surface area contributed by atoms with Gasteiger partial charge >= 0.3 is 5.97 Å². The number of carbonyl (C=O) groups is 1. The minimum Gasteiger partial charge on any atom is -0.478 e. The van der Waals surface area contributed by atoms with Crippen molar-refractivity contribution in [2.75, 3.05) is 11.4 Å². The highest BCUT2D eigenvalue weighted by Crippen LogP contribution is 2.27. The van der Waals surface area contributed by atoms with Crippen LogP contribution >= 0.6 is 11.8 Å². The summed E-state index contributed by atoms with van der Waals surface area (Å²) in [4.78, 5) is 22.8. The van der Waals surface area contributed by atoms with Crippen molar-refractivity contribution < 1.29 is 9.90 Å². The van der Waals surface area contributed by atoms with Crippen molar-refractivity contribution >= 4 is 23.5 Å². The Morgan fingerprint density at radius 1 is 1.27 bits per heavy atom. The predicted molar refractivity (Wildman–Crippen MR) is 105 cm³/mol. The Morgan fingerprint density at radius 3 is 2.69 bits per heavy atom. The number of hydrogen-bond donors (Lipinski definition) is 1. The topological polar surface area (TPSA) is 66.3 Å². The first kappa shape index (κ1) is 18.7. The summed E-state index contributed by atoms with van der Waals surface area (Å²) in [5.41, 5.74) is 2.44. The van der Waals surface area contributed by atoms with Gasteiger partial charge < -0.3 is 10.0 Å². The Hall–Kier alpha value is -2.08. The quantitative estimate of drug-likeness (QED) is 0.599. The Labute approximate surface area is 158 Å². The van der Waals surface area contributed by atoms with Gasteiger partial charge in [0.25, 0.3) is 0 Å². The molecule has 2 heterocycles. The van der Waals surface area contributed by atoms with Crippen LogP contribution in [0.5, 0.6) is 0 Å². The molecule has 1 saturated heterocycles. The first-order valence-electron chi connectivity index (χ1n) is 9.16. The number of hydrogen-bond acceptors (Lipinski definition) is 5. The molecule has 1 aliphatic heterocycles. The average Bonchev–Trinajstić information content (AvgIpc) is 2.66. The number of nitrogens with zero attached hydrogens (tertiary/aromatic N) is 3. The summed E-state index contributed by atoms with van der Waals surface area (Å²) in [6.45, 7) is 5.44. The van der Waals surface area contributed by atoms with Crippen LogP contribution < -0.4 is 4.90 Å². The smallest absolute Gasteiger partial charge is 0.335 e. The molecule has 1 aromatic carbocycles. The van der Waals surface area contributed by atoms with E-state index in [0.717, 1.165) is 41.0 Å². The van der Waals surface area contributed by atoms with Crippen molar-refractivity contribution in [2.45, 2.75) is 56.5 Å². The molecule has 0 aliphatic carbocycles. The Kier molecular flexibility index (Phi) is 6.14. The van der Waals surface area contributed by atoms with Gasteiger partial charge in [0.15, 0.2) is 5.16 Å². The van der Waals surface area contributed by atoms with Gasteiger partial charge in [0.1, 0.15) is 5.82 Å². The third-order valence-corrected chi connectivity index (χ3v) is 5.69. The number of piperidine rings is 1. The summed E-state index contributed by atoms with van der Waals surface area (Å²) in [6.07, 6.45) is 4.61. The second kappa shape index (κ2) is 8.54. The van der Waals surface area contributed by atoms with E-state index in [1.807, 2.05) is 12.1 Å². The number of anilines is 1. The van der Waals surface area contributed by atoms with Gasteiger partial charge in [0.2, 0.25) is 0 Å². The maximum absolute atomic E-state index is 10.9. The van der Waals surface area contributed by atoms with Gasteiger partial charge in [-0.05, 0) is 50.3 Å². The molecule has 0 saturated carbocycles. The number of carboxylic acid groups (broad SMARTS) is 1. The zero-order valence-corrected chi connectivity index (χ0v) is 16.1. The van der Waals surface area contributed by atoms with E-state index in [-0.39, 0.29) is 0 Å². The molecule has 1 N–H and O–H groups in total. The van der Waals surface area contributed by atoms with Crippen LogP contribution in [0.1, 0.15) is 54.7 Å². The Balaban J connectivity index is 1.74. The summed E-state index contributed by atoms with van der Waals surface area (Å²) in [6, 6.07) is 9.63. The van der Waals surface area contributed by atoms with E-state index in [1.54, 1.807) is 23.9 Å². The SMILES string of the molecule is CCc1cc(N2CCCCC2C)nc(SCc2ccc(C(=O)O)cc2)n1. The van der Waals surface area contributed by atoms with Crippen LogP contribution in [0.4, 0.5) is 5.82 Å². The molecule has 1 atom stereocenters. The number of thioether (sulfide) groups is 1.